The van der Waals surface area contributed by atoms with Crippen LogP contribution in [0.5, 0.6) is 0 Å². The molecule has 1 aromatic heterocycles. The van der Waals surface area contributed by atoms with Crippen molar-refractivity contribution in [2.75, 3.05) is 16.3 Å². The summed E-state index contributed by atoms with van der Waals surface area (Å²) in [6.07, 6.45) is 0.113. The molecule has 2 aliphatic rings. The molecule has 3 heterocycles. The lowest BCUT2D eigenvalue weighted by Crippen LogP contribution is -2.41. The first-order valence-corrected chi connectivity index (χ1v) is 9.34. The number of aromatic nitrogens is 2. The van der Waals surface area contributed by atoms with Gasteiger partial charge in [-0.2, -0.15) is 0 Å². The standard InChI is InChI=1S/C19H14Cl2N4O2/c20-12-6-5-11(9-13(12)21)25-17(26)10-16(18(25)27)24-8-7-23-15-4-2-1-3-14(15)22-19(23)24/h1-6,9,16H,7-8,10H2. The molecule has 0 radical (unpaired) electrons. The second-order valence-corrected chi connectivity index (χ2v) is 7.45. The van der Waals surface area contributed by atoms with Crippen molar-refractivity contribution in [2.24, 2.45) is 0 Å². The monoisotopic (exact) mass is 400 g/mol. The summed E-state index contributed by atoms with van der Waals surface area (Å²) in [6.45, 7) is 1.38. The van der Waals surface area contributed by atoms with Gasteiger partial charge in [-0.3, -0.25) is 9.59 Å². The molecule has 0 saturated carbocycles. The molecule has 5 rings (SSSR count). The number of hydrogen-bond donors (Lipinski definition) is 0. The van der Waals surface area contributed by atoms with Crippen molar-refractivity contribution in [3.8, 4) is 0 Å². The van der Waals surface area contributed by atoms with Gasteiger partial charge >= 0.3 is 0 Å². The highest BCUT2D eigenvalue weighted by molar-refractivity contribution is 6.42. The molecule has 0 bridgehead atoms. The minimum absolute atomic E-state index is 0.113. The number of imidazole rings is 1. The molecule has 1 unspecified atom stereocenters. The van der Waals surface area contributed by atoms with Crippen molar-refractivity contribution >= 4 is 57.7 Å². The van der Waals surface area contributed by atoms with Gasteiger partial charge in [0.05, 0.1) is 33.2 Å². The highest BCUT2D eigenvalue weighted by atomic mass is 35.5. The van der Waals surface area contributed by atoms with E-state index in [4.69, 9.17) is 23.2 Å². The van der Waals surface area contributed by atoms with E-state index in [2.05, 4.69) is 9.55 Å². The number of imide groups is 1. The summed E-state index contributed by atoms with van der Waals surface area (Å²) >= 11 is 12.0. The third kappa shape index (κ3) is 2.44. The Bertz CT molecular complexity index is 1110. The lowest BCUT2D eigenvalue weighted by Gasteiger charge is -2.22. The van der Waals surface area contributed by atoms with Crippen LogP contribution in [0.4, 0.5) is 11.6 Å². The summed E-state index contributed by atoms with van der Waals surface area (Å²) < 4.78 is 2.09. The van der Waals surface area contributed by atoms with Crippen molar-refractivity contribution in [3.05, 3.63) is 52.5 Å². The molecule has 6 nitrogen and oxygen atoms in total. The number of para-hydroxylation sites is 2. The normalized spacial score (nSPS) is 19.4. The number of fused-ring (bicyclic) bond motifs is 3. The molecule has 2 aromatic carbocycles. The maximum Gasteiger partial charge on any atom is 0.257 e. The van der Waals surface area contributed by atoms with Crippen molar-refractivity contribution < 1.29 is 9.59 Å². The second kappa shape index (κ2) is 5.97. The number of carbonyl (C=O) groups is 2. The molecule has 2 amide bonds. The second-order valence-electron chi connectivity index (χ2n) is 6.63. The molecular weight excluding hydrogens is 387 g/mol. The van der Waals surface area contributed by atoms with E-state index < -0.39 is 6.04 Å². The average Bonchev–Trinajstić information content (AvgIpc) is 3.29. The van der Waals surface area contributed by atoms with Crippen molar-refractivity contribution in [2.45, 2.75) is 19.0 Å². The van der Waals surface area contributed by atoms with Crippen LogP contribution in [0.25, 0.3) is 11.0 Å². The quantitative estimate of drug-likeness (QED) is 0.617. The van der Waals surface area contributed by atoms with Gasteiger partial charge in [0, 0.05) is 13.1 Å². The SMILES string of the molecule is O=C1CC(N2CCn3c2nc2ccccc23)C(=O)N1c1ccc(Cl)c(Cl)c1. The van der Waals surface area contributed by atoms with Crippen LogP contribution < -0.4 is 9.80 Å². The van der Waals surface area contributed by atoms with Gasteiger partial charge in [-0.15, -0.1) is 0 Å². The molecular formula is C19H14Cl2N4O2. The topological polar surface area (TPSA) is 58.4 Å². The fourth-order valence-corrected chi connectivity index (χ4v) is 4.15. The summed E-state index contributed by atoms with van der Waals surface area (Å²) in [5.41, 5.74) is 2.36. The molecule has 0 aliphatic carbocycles. The maximum atomic E-state index is 13.1. The number of rotatable bonds is 2. The Labute approximate surface area is 164 Å². The Hall–Kier alpha value is -2.57. The van der Waals surface area contributed by atoms with Crippen LogP contribution >= 0.6 is 23.2 Å². The summed E-state index contributed by atoms with van der Waals surface area (Å²) in [6, 6.07) is 12.1. The van der Waals surface area contributed by atoms with Gasteiger partial charge in [-0.1, -0.05) is 35.3 Å². The first kappa shape index (κ1) is 16.6. The zero-order chi connectivity index (χ0) is 18.7. The van der Waals surface area contributed by atoms with E-state index in [1.165, 1.54) is 4.90 Å². The molecule has 1 atom stereocenters. The predicted molar refractivity (Wildman–Crippen MR) is 104 cm³/mol. The summed E-state index contributed by atoms with van der Waals surface area (Å²) in [5, 5.41) is 0.686. The van der Waals surface area contributed by atoms with Crippen molar-refractivity contribution in [1.29, 1.82) is 0 Å². The minimum atomic E-state index is -0.565. The van der Waals surface area contributed by atoms with Crippen LogP contribution in [-0.4, -0.2) is 34.0 Å². The zero-order valence-electron chi connectivity index (χ0n) is 14.1. The lowest BCUT2D eigenvalue weighted by molar-refractivity contribution is -0.121. The Kier molecular flexibility index (Phi) is 3.67. The molecule has 136 valence electrons. The van der Waals surface area contributed by atoms with E-state index in [1.807, 2.05) is 29.2 Å². The molecule has 2 aliphatic heterocycles. The average molecular weight is 401 g/mol. The number of nitrogens with zero attached hydrogens (tertiary/aromatic N) is 4. The molecule has 0 spiro atoms. The molecule has 27 heavy (non-hydrogen) atoms. The first-order chi connectivity index (χ1) is 13.0. The molecule has 1 fully saturated rings. The van der Waals surface area contributed by atoms with E-state index in [-0.39, 0.29) is 18.2 Å². The van der Waals surface area contributed by atoms with Gasteiger partial charge < -0.3 is 9.47 Å². The van der Waals surface area contributed by atoms with E-state index in [1.54, 1.807) is 18.2 Å². The van der Waals surface area contributed by atoms with Crippen LogP contribution in [0.2, 0.25) is 10.0 Å². The predicted octanol–water partition coefficient (Wildman–Crippen LogP) is 3.50. The smallest absolute Gasteiger partial charge is 0.257 e. The maximum absolute atomic E-state index is 13.1. The Morgan fingerprint density at radius 2 is 1.81 bits per heavy atom. The van der Waals surface area contributed by atoms with E-state index >= 15 is 0 Å². The number of carbonyl (C=O) groups excluding carboxylic acids is 2. The van der Waals surface area contributed by atoms with Crippen molar-refractivity contribution in [3.63, 3.8) is 0 Å². The molecule has 3 aromatic rings. The van der Waals surface area contributed by atoms with Crippen LogP contribution in [0.3, 0.4) is 0 Å². The van der Waals surface area contributed by atoms with E-state index in [0.717, 1.165) is 23.5 Å². The Morgan fingerprint density at radius 3 is 2.63 bits per heavy atom. The van der Waals surface area contributed by atoms with Gasteiger partial charge in [0.15, 0.2) is 0 Å². The fraction of sp³-hybridized carbons (Fsp3) is 0.211. The van der Waals surface area contributed by atoms with Crippen LogP contribution in [0.1, 0.15) is 6.42 Å². The first-order valence-electron chi connectivity index (χ1n) is 8.58. The van der Waals surface area contributed by atoms with Crippen LogP contribution in [0, 0.1) is 0 Å². The number of halogens is 2. The molecule has 1 saturated heterocycles. The summed E-state index contributed by atoms with van der Waals surface area (Å²) in [4.78, 5) is 33.5. The lowest BCUT2D eigenvalue weighted by atomic mass is 10.2. The summed E-state index contributed by atoms with van der Waals surface area (Å²) in [7, 11) is 0. The number of benzene rings is 2. The largest absolute Gasteiger partial charge is 0.328 e. The van der Waals surface area contributed by atoms with Crippen molar-refractivity contribution in [1.82, 2.24) is 9.55 Å². The van der Waals surface area contributed by atoms with Gasteiger partial charge in [0.25, 0.3) is 5.91 Å². The number of anilines is 2. The van der Waals surface area contributed by atoms with E-state index in [9.17, 15) is 9.59 Å². The van der Waals surface area contributed by atoms with Crippen LogP contribution in [-0.2, 0) is 16.1 Å². The van der Waals surface area contributed by atoms with Crippen LogP contribution in [0.15, 0.2) is 42.5 Å². The molecule has 8 heteroatoms. The highest BCUT2D eigenvalue weighted by Gasteiger charge is 2.45. The summed E-state index contributed by atoms with van der Waals surface area (Å²) in [5.74, 6) is 0.218. The highest BCUT2D eigenvalue weighted by Crippen LogP contribution is 2.35. The van der Waals surface area contributed by atoms with Gasteiger partial charge in [-0.05, 0) is 30.3 Å². The van der Waals surface area contributed by atoms with Gasteiger partial charge in [-0.25, -0.2) is 9.88 Å². The number of amides is 2. The number of hydrogen-bond acceptors (Lipinski definition) is 4. The minimum Gasteiger partial charge on any atom is -0.328 e. The fourth-order valence-electron chi connectivity index (χ4n) is 3.86. The van der Waals surface area contributed by atoms with Gasteiger partial charge in [0.2, 0.25) is 11.9 Å². The zero-order valence-corrected chi connectivity index (χ0v) is 15.6. The molecule has 0 N–H and O–H groups in total. The van der Waals surface area contributed by atoms with E-state index in [0.29, 0.717) is 22.3 Å². The Balaban J connectivity index is 1.50. The Morgan fingerprint density at radius 1 is 1.00 bits per heavy atom. The third-order valence-corrected chi connectivity index (χ3v) is 5.86. The van der Waals surface area contributed by atoms with Gasteiger partial charge in [0.1, 0.15) is 6.04 Å². The third-order valence-electron chi connectivity index (χ3n) is 5.12.